The molecule has 0 heterocycles. The molecule has 0 aromatic heterocycles. The highest BCUT2D eigenvalue weighted by molar-refractivity contribution is 9.10. The quantitative estimate of drug-likeness (QED) is 0.290. The van der Waals surface area contributed by atoms with Gasteiger partial charge in [0.1, 0.15) is 18.0 Å². The molecule has 1 aromatic carbocycles. The van der Waals surface area contributed by atoms with Crippen molar-refractivity contribution in [2.45, 2.75) is 23.5 Å². The van der Waals surface area contributed by atoms with Gasteiger partial charge in [-0.3, -0.25) is 10.1 Å². The minimum absolute atomic E-state index is 0.00839. The summed E-state index contributed by atoms with van der Waals surface area (Å²) < 4.78 is 17.0. The average molecular weight is 425 g/mol. The minimum atomic E-state index is -0.446. The Kier molecular flexibility index (Phi) is 5.98. The summed E-state index contributed by atoms with van der Waals surface area (Å²) >= 11 is 6.77. The third-order valence-electron chi connectivity index (χ3n) is 3.13. The maximum atomic E-state index is 10.8. The summed E-state index contributed by atoms with van der Waals surface area (Å²) in [5, 5.41) is 10.8. The molecule has 0 bridgehead atoms. The maximum Gasteiger partial charge on any atom is 0.274 e. The van der Waals surface area contributed by atoms with Crippen molar-refractivity contribution in [2.75, 3.05) is 20.3 Å². The number of methoxy groups -OCH3 is 1. The zero-order valence-corrected chi connectivity index (χ0v) is 14.5. The number of nitro groups is 1. The van der Waals surface area contributed by atoms with Crippen LogP contribution in [0.25, 0.3) is 0 Å². The number of nitro benzene ring substituents is 1. The van der Waals surface area contributed by atoms with Gasteiger partial charge in [0.2, 0.25) is 0 Å². The van der Waals surface area contributed by atoms with Gasteiger partial charge in [0.25, 0.3) is 5.69 Å². The SMILES string of the molecule is COCCOC1C(Br)CC1Oc1cc(Br)cc([N+](=O)[O-])c1. The summed E-state index contributed by atoms with van der Waals surface area (Å²) in [6.07, 6.45) is 0.580. The number of alkyl halides is 1. The van der Waals surface area contributed by atoms with Gasteiger partial charge in [0, 0.05) is 28.9 Å². The van der Waals surface area contributed by atoms with Gasteiger partial charge in [-0.25, -0.2) is 0 Å². The van der Waals surface area contributed by atoms with Crippen LogP contribution in [0, 0.1) is 10.1 Å². The monoisotopic (exact) mass is 423 g/mol. The number of non-ortho nitro benzene ring substituents is 1. The number of hydrogen-bond acceptors (Lipinski definition) is 5. The van der Waals surface area contributed by atoms with Gasteiger partial charge >= 0.3 is 0 Å². The number of ether oxygens (including phenoxy) is 3. The topological polar surface area (TPSA) is 70.8 Å². The first-order valence-corrected chi connectivity index (χ1v) is 8.08. The van der Waals surface area contributed by atoms with E-state index in [-0.39, 0.29) is 22.7 Å². The van der Waals surface area contributed by atoms with Gasteiger partial charge in [-0.15, -0.1) is 0 Å². The standard InChI is InChI=1S/C13H15Br2NO5/c1-19-2-3-20-13-11(15)7-12(13)21-10-5-8(14)4-9(6-10)16(17)18/h4-6,11-13H,2-3,7H2,1H3. The molecule has 1 aromatic rings. The molecule has 0 radical (unpaired) electrons. The Balaban J connectivity index is 1.99. The van der Waals surface area contributed by atoms with E-state index in [2.05, 4.69) is 31.9 Å². The molecule has 0 N–H and O–H groups in total. The Labute approximate surface area is 139 Å². The maximum absolute atomic E-state index is 10.8. The molecule has 0 saturated heterocycles. The molecule has 21 heavy (non-hydrogen) atoms. The smallest absolute Gasteiger partial charge is 0.274 e. The van der Waals surface area contributed by atoms with Crippen molar-refractivity contribution in [1.82, 2.24) is 0 Å². The van der Waals surface area contributed by atoms with Crippen molar-refractivity contribution in [3.8, 4) is 5.75 Å². The Hall–Kier alpha value is -0.700. The van der Waals surface area contributed by atoms with E-state index in [0.29, 0.717) is 23.4 Å². The molecule has 0 amide bonds. The highest BCUT2D eigenvalue weighted by Crippen LogP contribution is 2.35. The second kappa shape index (κ2) is 7.53. The molecular formula is C13H15Br2NO5. The Morgan fingerprint density at radius 3 is 2.76 bits per heavy atom. The fourth-order valence-electron chi connectivity index (χ4n) is 2.02. The number of halogens is 2. The number of nitrogens with zero attached hydrogens (tertiary/aromatic N) is 1. The van der Waals surface area contributed by atoms with E-state index in [1.54, 1.807) is 13.2 Å². The Morgan fingerprint density at radius 2 is 2.14 bits per heavy atom. The molecule has 0 aliphatic heterocycles. The third kappa shape index (κ3) is 4.38. The molecule has 0 spiro atoms. The number of hydrogen-bond donors (Lipinski definition) is 0. The van der Waals surface area contributed by atoms with E-state index in [4.69, 9.17) is 14.2 Å². The summed E-state index contributed by atoms with van der Waals surface area (Å²) in [5.41, 5.74) is -0.00839. The second-order valence-electron chi connectivity index (χ2n) is 4.64. The van der Waals surface area contributed by atoms with E-state index in [1.165, 1.54) is 12.1 Å². The van der Waals surface area contributed by atoms with Crippen LogP contribution in [-0.4, -0.2) is 42.3 Å². The molecule has 1 fully saturated rings. The van der Waals surface area contributed by atoms with Crippen molar-refractivity contribution in [2.24, 2.45) is 0 Å². The predicted octanol–water partition coefficient (Wildman–Crippen LogP) is 3.30. The first-order chi connectivity index (χ1) is 10.0. The Morgan fingerprint density at radius 1 is 1.38 bits per heavy atom. The van der Waals surface area contributed by atoms with Crippen LogP contribution in [0.4, 0.5) is 5.69 Å². The number of benzene rings is 1. The molecule has 116 valence electrons. The fraction of sp³-hybridized carbons (Fsp3) is 0.538. The lowest BCUT2D eigenvalue weighted by atomic mass is 9.91. The molecule has 1 aliphatic carbocycles. The first kappa shape index (κ1) is 16.7. The van der Waals surface area contributed by atoms with Crippen molar-refractivity contribution in [1.29, 1.82) is 0 Å². The van der Waals surface area contributed by atoms with E-state index < -0.39 is 4.92 Å². The largest absolute Gasteiger partial charge is 0.487 e. The van der Waals surface area contributed by atoms with Crippen molar-refractivity contribution in [3.63, 3.8) is 0 Å². The predicted molar refractivity (Wildman–Crippen MR) is 84.2 cm³/mol. The summed E-state index contributed by atoms with van der Waals surface area (Å²) in [4.78, 5) is 10.6. The Bertz CT molecular complexity index is 513. The normalized spacial score (nSPS) is 24.4. The fourth-order valence-corrected chi connectivity index (χ4v) is 3.34. The average Bonchev–Trinajstić information content (AvgIpc) is 2.42. The summed E-state index contributed by atoms with van der Waals surface area (Å²) in [6, 6.07) is 4.56. The van der Waals surface area contributed by atoms with Gasteiger partial charge in [-0.2, -0.15) is 0 Å². The minimum Gasteiger partial charge on any atom is -0.487 e. The summed E-state index contributed by atoms with van der Waals surface area (Å²) in [6.45, 7) is 1.01. The van der Waals surface area contributed by atoms with E-state index >= 15 is 0 Å². The summed E-state index contributed by atoms with van der Waals surface area (Å²) in [5.74, 6) is 0.459. The van der Waals surface area contributed by atoms with Crippen LogP contribution in [0.5, 0.6) is 5.75 Å². The van der Waals surface area contributed by atoms with E-state index in [0.717, 1.165) is 6.42 Å². The van der Waals surface area contributed by atoms with Gasteiger partial charge in [0.15, 0.2) is 0 Å². The van der Waals surface area contributed by atoms with Crippen LogP contribution in [-0.2, 0) is 9.47 Å². The zero-order chi connectivity index (χ0) is 15.4. The van der Waals surface area contributed by atoms with Gasteiger partial charge in [-0.1, -0.05) is 31.9 Å². The van der Waals surface area contributed by atoms with Crippen LogP contribution >= 0.6 is 31.9 Å². The van der Waals surface area contributed by atoms with Crippen molar-refractivity contribution < 1.29 is 19.1 Å². The lowest BCUT2D eigenvalue weighted by molar-refractivity contribution is -0.385. The number of rotatable bonds is 7. The van der Waals surface area contributed by atoms with Crippen LogP contribution in [0.1, 0.15) is 6.42 Å². The molecule has 3 atom stereocenters. The lowest BCUT2D eigenvalue weighted by Crippen LogP contribution is -2.52. The highest BCUT2D eigenvalue weighted by Gasteiger charge is 2.42. The highest BCUT2D eigenvalue weighted by atomic mass is 79.9. The first-order valence-electron chi connectivity index (χ1n) is 6.37. The second-order valence-corrected chi connectivity index (χ2v) is 6.73. The zero-order valence-electron chi connectivity index (χ0n) is 11.3. The van der Waals surface area contributed by atoms with E-state index in [1.807, 2.05) is 0 Å². The van der Waals surface area contributed by atoms with Gasteiger partial charge < -0.3 is 14.2 Å². The summed E-state index contributed by atoms with van der Waals surface area (Å²) in [7, 11) is 1.62. The van der Waals surface area contributed by atoms with Crippen LogP contribution < -0.4 is 4.74 Å². The molecule has 3 unspecified atom stereocenters. The molecule has 8 heteroatoms. The molecule has 6 nitrogen and oxygen atoms in total. The molecule has 1 aliphatic rings. The van der Waals surface area contributed by atoms with Gasteiger partial charge in [0.05, 0.1) is 24.2 Å². The molecule has 2 rings (SSSR count). The third-order valence-corrected chi connectivity index (χ3v) is 4.49. The molecular weight excluding hydrogens is 410 g/mol. The molecule has 1 saturated carbocycles. The van der Waals surface area contributed by atoms with Crippen LogP contribution in [0.3, 0.4) is 0 Å². The van der Waals surface area contributed by atoms with Crippen LogP contribution in [0.15, 0.2) is 22.7 Å². The van der Waals surface area contributed by atoms with Gasteiger partial charge in [-0.05, 0) is 6.07 Å². The van der Waals surface area contributed by atoms with Crippen molar-refractivity contribution in [3.05, 3.63) is 32.8 Å². The van der Waals surface area contributed by atoms with Crippen molar-refractivity contribution >= 4 is 37.5 Å². The van der Waals surface area contributed by atoms with E-state index in [9.17, 15) is 10.1 Å². The lowest BCUT2D eigenvalue weighted by Gasteiger charge is -2.40. The van der Waals surface area contributed by atoms with Crippen LogP contribution in [0.2, 0.25) is 0 Å².